The summed E-state index contributed by atoms with van der Waals surface area (Å²) in [7, 11) is 1.65. The minimum atomic E-state index is -0.949. The van der Waals surface area contributed by atoms with Crippen LogP contribution in [0.3, 0.4) is 0 Å². The average Bonchev–Trinajstić information content (AvgIpc) is 2.24. The lowest BCUT2D eigenvalue weighted by molar-refractivity contribution is -0.140. The zero-order valence-electron chi connectivity index (χ0n) is 10.4. The smallest absolute Gasteiger partial charge is 0.317 e. The maximum absolute atomic E-state index is 10.6. The molecule has 2 N–H and O–H groups in total. The molecule has 0 radical (unpaired) electrons. The normalized spacial score (nSPS) is 10.8. The average molecular weight is 261 g/mol. The van der Waals surface area contributed by atoms with Gasteiger partial charge in [0, 0.05) is 19.6 Å². The maximum Gasteiger partial charge on any atom is 0.317 e. The Morgan fingerprint density at radius 1 is 1.06 bits per heavy atom. The van der Waals surface area contributed by atoms with Gasteiger partial charge in [0.15, 0.2) is 0 Å². The highest BCUT2D eigenvalue weighted by atomic mass is 16.4. The Bertz CT molecular complexity index is 285. The second-order valence-corrected chi connectivity index (χ2v) is 4.01. The van der Waals surface area contributed by atoms with Crippen molar-refractivity contribution in [2.45, 2.75) is 6.42 Å². The van der Waals surface area contributed by atoms with Crippen molar-refractivity contribution in [2.24, 2.45) is 5.18 Å². The van der Waals surface area contributed by atoms with Gasteiger partial charge < -0.3 is 10.2 Å². The molecule has 8 heteroatoms. The Morgan fingerprint density at radius 3 is 2.17 bits per heavy atom. The van der Waals surface area contributed by atoms with Crippen LogP contribution in [0.4, 0.5) is 0 Å². The summed E-state index contributed by atoms with van der Waals surface area (Å²) in [6.07, 6.45) is 0.499. The molecule has 0 heterocycles. The fourth-order valence-corrected chi connectivity index (χ4v) is 1.44. The highest BCUT2D eigenvalue weighted by Gasteiger charge is 2.11. The van der Waals surface area contributed by atoms with Crippen molar-refractivity contribution in [3.63, 3.8) is 0 Å². The van der Waals surface area contributed by atoms with Crippen LogP contribution < -0.4 is 0 Å². The van der Waals surface area contributed by atoms with Gasteiger partial charge in [0.2, 0.25) is 0 Å². The number of carboxylic acid groups (broad SMARTS) is 2. The van der Waals surface area contributed by atoms with E-state index in [9.17, 15) is 14.5 Å². The van der Waals surface area contributed by atoms with Gasteiger partial charge >= 0.3 is 11.9 Å². The van der Waals surface area contributed by atoms with Gasteiger partial charge in [-0.05, 0) is 13.5 Å². The fourth-order valence-electron chi connectivity index (χ4n) is 1.44. The van der Waals surface area contributed by atoms with Gasteiger partial charge in [-0.2, -0.15) is 4.91 Å². The molecule has 0 aromatic heterocycles. The van der Waals surface area contributed by atoms with E-state index in [0.717, 1.165) is 0 Å². The molecule has 0 aromatic carbocycles. The summed E-state index contributed by atoms with van der Waals surface area (Å²) < 4.78 is 0. The van der Waals surface area contributed by atoms with Crippen LogP contribution in [-0.2, 0) is 9.59 Å². The van der Waals surface area contributed by atoms with E-state index in [1.807, 2.05) is 0 Å². The Balaban J connectivity index is 4.01. The third-order valence-electron chi connectivity index (χ3n) is 2.29. The largest absolute Gasteiger partial charge is 0.480 e. The van der Waals surface area contributed by atoms with Crippen LogP contribution in [0.1, 0.15) is 6.42 Å². The van der Waals surface area contributed by atoms with Gasteiger partial charge in [-0.1, -0.05) is 5.18 Å². The van der Waals surface area contributed by atoms with Crippen molar-refractivity contribution in [3.05, 3.63) is 4.91 Å². The first-order valence-electron chi connectivity index (χ1n) is 5.59. The molecule has 0 bridgehead atoms. The van der Waals surface area contributed by atoms with E-state index in [0.29, 0.717) is 26.1 Å². The Morgan fingerprint density at radius 2 is 1.67 bits per heavy atom. The van der Waals surface area contributed by atoms with Gasteiger partial charge in [0.1, 0.15) is 0 Å². The van der Waals surface area contributed by atoms with Crippen molar-refractivity contribution < 1.29 is 19.8 Å². The molecule has 0 atom stereocenters. The molecule has 0 fully saturated rings. The molecule has 0 saturated heterocycles. The zero-order chi connectivity index (χ0) is 14.0. The number of likely N-dealkylation sites (N-methyl/N-ethyl adjacent to an activating group) is 1. The highest BCUT2D eigenvalue weighted by molar-refractivity contribution is 5.69. The topological polar surface area (TPSA) is 111 Å². The maximum atomic E-state index is 10.6. The van der Waals surface area contributed by atoms with Crippen molar-refractivity contribution in [2.75, 3.05) is 46.3 Å². The summed E-state index contributed by atoms with van der Waals surface area (Å²) >= 11 is 0. The van der Waals surface area contributed by atoms with Crippen LogP contribution in [0.5, 0.6) is 0 Å². The fraction of sp³-hybridized carbons (Fsp3) is 0.800. The van der Waals surface area contributed by atoms with Gasteiger partial charge in [0.25, 0.3) is 0 Å². The molecule has 0 unspecified atom stereocenters. The second-order valence-electron chi connectivity index (χ2n) is 4.01. The number of carbonyl (C=O) groups is 2. The van der Waals surface area contributed by atoms with E-state index in [2.05, 4.69) is 5.18 Å². The van der Waals surface area contributed by atoms with E-state index in [1.165, 1.54) is 0 Å². The monoisotopic (exact) mass is 261 g/mol. The Kier molecular flexibility index (Phi) is 8.67. The minimum Gasteiger partial charge on any atom is -0.480 e. The van der Waals surface area contributed by atoms with E-state index in [-0.39, 0.29) is 19.6 Å². The van der Waals surface area contributed by atoms with Crippen molar-refractivity contribution in [3.8, 4) is 0 Å². The Hall–Kier alpha value is -1.54. The summed E-state index contributed by atoms with van der Waals surface area (Å²) in [5, 5.41) is 20.0. The van der Waals surface area contributed by atoms with Crippen LogP contribution in [0, 0.1) is 4.91 Å². The number of rotatable bonds is 11. The highest BCUT2D eigenvalue weighted by Crippen LogP contribution is 1.94. The van der Waals surface area contributed by atoms with Gasteiger partial charge in [0.05, 0.1) is 19.6 Å². The first-order valence-corrected chi connectivity index (χ1v) is 5.59. The van der Waals surface area contributed by atoms with Crippen LogP contribution >= 0.6 is 0 Å². The predicted molar refractivity (Wildman–Crippen MR) is 64.5 cm³/mol. The summed E-state index contributed by atoms with van der Waals surface area (Å²) in [5.41, 5.74) is 0. The van der Waals surface area contributed by atoms with Gasteiger partial charge in [-0.15, -0.1) is 0 Å². The quantitative estimate of drug-likeness (QED) is 0.382. The predicted octanol–water partition coefficient (Wildman–Crippen LogP) is -0.454. The third kappa shape index (κ3) is 9.67. The third-order valence-corrected chi connectivity index (χ3v) is 2.29. The van der Waals surface area contributed by atoms with Crippen molar-refractivity contribution >= 4 is 11.9 Å². The van der Waals surface area contributed by atoms with E-state index >= 15 is 0 Å². The number of aliphatic carboxylic acids is 2. The summed E-state index contributed by atoms with van der Waals surface area (Å²) in [6, 6.07) is 0. The molecule has 0 aliphatic heterocycles. The van der Waals surface area contributed by atoms with Crippen molar-refractivity contribution in [1.29, 1.82) is 0 Å². The molecule has 0 aliphatic carbocycles. The lowest BCUT2D eigenvalue weighted by Crippen LogP contribution is -2.38. The van der Waals surface area contributed by atoms with E-state index in [1.54, 1.807) is 16.8 Å². The summed E-state index contributed by atoms with van der Waals surface area (Å²) in [6.45, 7) is 1.29. The number of nitrogens with zero attached hydrogens (tertiary/aromatic N) is 3. The SMILES string of the molecule is CN(CCN(CCCN=O)CC(=O)O)CC(=O)O. The Labute approximate surface area is 105 Å². The second kappa shape index (κ2) is 9.49. The van der Waals surface area contributed by atoms with Gasteiger partial charge in [-0.25, -0.2) is 0 Å². The number of hydrogen-bond acceptors (Lipinski definition) is 6. The molecule has 0 saturated carbocycles. The van der Waals surface area contributed by atoms with Crippen LogP contribution in [0.15, 0.2) is 5.18 Å². The molecule has 104 valence electrons. The number of carboxylic acids is 2. The van der Waals surface area contributed by atoms with E-state index in [4.69, 9.17) is 10.2 Å². The standard InChI is InChI=1S/C10H19N3O5/c1-12(7-9(14)15)5-6-13(8-10(16)17)4-2-3-11-18/h2-8H2,1H3,(H,14,15)(H,16,17). The molecule has 0 amide bonds. The van der Waals surface area contributed by atoms with Gasteiger partial charge in [-0.3, -0.25) is 19.4 Å². The number of hydrogen-bond donors (Lipinski definition) is 2. The molecule has 0 aromatic rings. The number of nitroso groups, excluding NO2 is 1. The van der Waals surface area contributed by atoms with Crippen LogP contribution in [0.25, 0.3) is 0 Å². The molecular formula is C10H19N3O5. The minimum absolute atomic E-state index is 0.0865. The summed E-state index contributed by atoms with van der Waals surface area (Å²) in [4.78, 5) is 34.3. The van der Waals surface area contributed by atoms with Crippen LogP contribution in [-0.4, -0.2) is 78.3 Å². The molecule has 0 spiro atoms. The van der Waals surface area contributed by atoms with E-state index < -0.39 is 11.9 Å². The lowest BCUT2D eigenvalue weighted by atomic mass is 10.3. The molecule has 8 nitrogen and oxygen atoms in total. The van der Waals surface area contributed by atoms with Crippen LogP contribution in [0.2, 0.25) is 0 Å². The molecule has 0 rings (SSSR count). The first kappa shape index (κ1) is 16.5. The molecular weight excluding hydrogens is 242 g/mol. The van der Waals surface area contributed by atoms with Crippen molar-refractivity contribution in [1.82, 2.24) is 9.80 Å². The zero-order valence-corrected chi connectivity index (χ0v) is 10.4. The summed E-state index contributed by atoms with van der Waals surface area (Å²) in [5.74, 6) is -1.87. The molecule has 18 heavy (non-hydrogen) atoms. The lowest BCUT2D eigenvalue weighted by Gasteiger charge is -2.22. The first-order chi connectivity index (χ1) is 8.45. The molecule has 0 aliphatic rings.